The van der Waals surface area contributed by atoms with Crippen molar-refractivity contribution < 1.29 is 24.8 Å². The second kappa shape index (κ2) is 10.6. The molecule has 0 aliphatic carbocycles. The van der Waals surface area contributed by atoms with Gasteiger partial charge in [-0.25, -0.2) is 0 Å². The fraction of sp³-hybridized carbons (Fsp3) is 0.500. The van der Waals surface area contributed by atoms with Gasteiger partial charge in [0.1, 0.15) is 30.8 Å². The molecule has 0 radical (unpaired) electrons. The van der Waals surface area contributed by atoms with E-state index < -0.39 is 12.2 Å². The summed E-state index contributed by atoms with van der Waals surface area (Å²) in [6.45, 7) is 8.51. The van der Waals surface area contributed by atoms with Crippen molar-refractivity contribution in [2.24, 2.45) is 5.92 Å². The van der Waals surface area contributed by atoms with Crippen molar-refractivity contribution in [3.05, 3.63) is 59.7 Å². The van der Waals surface area contributed by atoms with Crippen LogP contribution in [0.25, 0.3) is 0 Å². The second-order valence-electron chi connectivity index (χ2n) is 8.42. The molecule has 0 bridgehead atoms. The summed E-state index contributed by atoms with van der Waals surface area (Å²) in [5.41, 5.74) is 2.07. The molecule has 0 heterocycles. The van der Waals surface area contributed by atoms with Crippen LogP contribution in [-0.2, 0) is 5.41 Å². The Bertz CT molecular complexity index is 722. The average Bonchev–Trinajstić information content (AvgIpc) is 2.70. The maximum atomic E-state index is 9.96. The van der Waals surface area contributed by atoms with E-state index in [0.29, 0.717) is 18.3 Å². The molecule has 2 atom stereocenters. The Balaban J connectivity index is 1.99. The van der Waals surface area contributed by atoms with Gasteiger partial charge in [0, 0.05) is 5.41 Å². The van der Waals surface area contributed by atoms with Gasteiger partial charge in [-0.3, -0.25) is 0 Å². The molecule has 5 nitrogen and oxygen atoms in total. The Morgan fingerprint density at radius 1 is 0.759 bits per heavy atom. The zero-order chi connectivity index (χ0) is 21.4. The predicted octanol–water partition coefficient (Wildman–Crippen LogP) is 3.53. The molecular weight excluding hydrogens is 368 g/mol. The molecule has 3 N–H and O–H groups in total. The standard InChI is InChI=1S/C24H34O5/c1-17(2)13-20(26)15-28-22-9-5-18(6-10-22)24(3,4)19-7-11-23(12-8-19)29-16-21(27)14-25/h5-12,17,20-21,25-27H,13-16H2,1-4H3. The smallest absolute Gasteiger partial charge is 0.119 e. The van der Waals surface area contributed by atoms with Crippen molar-refractivity contribution in [2.75, 3.05) is 19.8 Å². The molecule has 2 rings (SSSR count). The third-order valence-corrected chi connectivity index (χ3v) is 4.99. The minimum Gasteiger partial charge on any atom is -0.491 e. The van der Waals surface area contributed by atoms with E-state index in [9.17, 15) is 10.2 Å². The highest BCUT2D eigenvalue weighted by Gasteiger charge is 2.23. The third kappa shape index (κ3) is 7.03. The summed E-state index contributed by atoms with van der Waals surface area (Å²) < 4.78 is 11.2. The van der Waals surface area contributed by atoms with Crippen LogP contribution in [-0.4, -0.2) is 47.3 Å². The van der Waals surface area contributed by atoms with Crippen molar-refractivity contribution in [2.45, 2.75) is 51.7 Å². The Kier molecular flexibility index (Phi) is 8.50. The maximum Gasteiger partial charge on any atom is 0.119 e. The molecule has 0 aromatic heterocycles. The molecule has 0 amide bonds. The highest BCUT2D eigenvalue weighted by atomic mass is 16.5. The van der Waals surface area contributed by atoms with Crippen molar-refractivity contribution in [1.82, 2.24) is 0 Å². The highest BCUT2D eigenvalue weighted by molar-refractivity contribution is 5.41. The minimum atomic E-state index is -0.877. The number of ether oxygens (including phenoxy) is 2. The normalized spacial score (nSPS) is 13.9. The summed E-state index contributed by atoms with van der Waals surface area (Å²) in [7, 11) is 0. The second-order valence-corrected chi connectivity index (χ2v) is 8.42. The Hall–Kier alpha value is -2.08. The summed E-state index contributed by atoms with van der Waals surface area (Å²) >= 11 is 0. The molecule has 2 unspecified atom stereocenters. The van der Waals surface area contributed by atoms with Crippen molar-refractivity contribution in [3.63, 3.8) is 0 Å². The number of benzene rings is 2. The van der Waals surface area contributed by atoms with E-state index in [-0.39, 0.29) is 18.6 Å². The molecule has 0 aliphatic heterocycles. The van der Waals surface area contributed by atoms with E-state index in [1.54, 1.807) is 0 Å². The van der Waals surface area contributed by atoms with Crippen LogP contribution in [0.2, 0.25) is 0 Å². The van der Waals surface area contributed by atoms with Crippen LogP contribution in [0.3, 0.4) is 0 Å². The minimum absolute atomic E-state index is 0.0621. The number of aliphatic hydroxyl groups is 3. The first kappa shape index (κ1) is 23.2. The SMILES string of the molecule is CC(C)CC(O)COc1ccc(C(C)(C)c2ccc(OCC(O)CO)cc2)cc1. The lowest BCUT2D eigenvalue weighted by molar-refractivity contribution is 0.0536. The summed E-state index contributed by atoms with van der Waals surface area (Å²) in [5.74, 6) is 1.84. The first-order valence-electron chi connectivity index (χ1n) is 10.2. The van der Waals surface area contributed by atoms with Crippen LogP contribution in [0.5, 0.6) is 11.5 Å². The lowest BCUT2D eigenvalue weighted by Crippen LogP contribution is -2.21. The molecule has 160 valence electrons. The lowest BCUT2D eigenvalue weighted by Gasteiger charge is -2.26. The first-order chi connectivity index (χ1) is 13.7. The monoisotopic (exact) mass is 402 g/mol. The molecule has 29 heavy (non-hydrogen) atoms. The van der Waals surface area contributed by atoms with Gasteiger partial charge in [0.25, 0.3) is 0 Å². The van der Waals surface area contributed by atoms with Gasteiger partial charge in [-0.15, -0.1) is 0 Å². The van der Waals surface area contributed by atoms with Gasteiger partial charge in [-0.2, -0.15) is 0 Å². The maximum absolute atomic E-state index is 9.96. The molecule has 5 heteroatoms. The molecule has 0 saturated carbocycles. The van der Waals surface area contributed by atoms with Crippen LogP contribution in [0, 0.1) is 5.92 Å². The van der Waals surface area contributed by atoms with E-state index >= 15 is 0 Å². The zero-order valence-electron chi connectivity index (χ0n) is 17.8. The third-order valence-electron chi connectivity index (χ3n) is 4.99. The van der Waals surface area contributed by atoms with Crippen molar-refractivity contribution in [3.8, 4) is 11.5 Å². The molecule has 2 aromatic rings. The van der Waals surface area contributed by atoms with Crippen LogP contribution in [0.4, 0.5) is 0 Å². The fourth-order valence-corrected chi connectivity index (χ4v) is 3.15. The predicted molar refractivity (Wildman–Crippen MR) is 115 cm³/mol. The molecule has 2 aromatic carbocycles. The average molecular weight is 403 g/mol. The van der Waals surface area contributed by atoms with E-state index in [1.807, 2.05) is 48.5 Å². The van der Waals surface area contributed by atoms with Crippen molar-refractivity contribution in [1.29, 1.82) is 0 Å². The van der Waals surface area contributed by atoms with Gasteiger partial charge in [0.15, 0.2) is 0 Å². The van der Waals surface area contributed by atoms with Crippen LogP contribution < -0.4 is 9.47 Å². The van der Waals surface area contributed by atoms with Crippen LogP contribution in [0.15, 0.2) is 48.5 Å². The quantitative estimate of drug-likeness (QED) is 0.536. The topological polar surface area (TPSA) is 79.2 Å². The Labute approximate surface area is 173 Å². The van der Waals surface area contributed by atoms with E-state index in [1.165, 1.54) is 0 Å². The summed E-state index contributed by atoms with van der Waals surface area (Å²) in [6, 6.07) is 15.7. The van der Waals surface area contributed by atoms with E-state index in [2.05, 4.69) is 27.7 Å². The van der Waals surface area contributed by atoms with Gasteiger partial charge in [0.2, 0.25) is 0 Å². The Morgan fingerprint density at radius 3 is 1.55 bits per heavy atom. The molecule has 0 aliphatic rings. The van der Waals surface area contributed by atoms with Gasteiger partial charge in [0.05, 0.1) is 12.7 Å². The fourth-order valence-electron chi connectivity index (χ4n) is 3.15. The number of rotatable bonds is 11. The summed E-state index contributed by atoms with van der Waals surface area (Å²) in [4.78, 5) is 0. The van der Waals surface area contributed by atoms with Gasteiger partial charge in [-0.1, -0.05) is 52.0 Å². The molecule has 0 saturated heterocycles. The Morgan fingerprint density at radius 2 is 1.17 bits per heavy atom. The molecular formula is C24H34O5. The van der Waals surface area contributed by atoms with Crippen LogP contribution >= 0.6 is 0 Å². The molecule has 0 fully saturated rings. The lowest BCUT2D eigenvalue weighted by atomic mass is 9.78. The summed E-state index contributed by atoms with van der Waals surface area (Å²) in [6.07, 6.45) is -0.604. The zero-order valence-corrected chi connectivity index (χ0v) is 17.8. The van der Waals surface area contributed by atoms with Gasteiger partial charge >= 0.3 is 0 Å². The first-order valence-corrected chi connectivity index (χ1v) is 10.2. The van der Waals surface area contributed by atoms with Crippen LogP contribution in [0.1, 0.15) is 45.2 Å². The number of aliphatic hydroxyl groups excluding tert-OH is 3. The van der Waals surface area contributed by atoms with Crippen molar-refractivity contribution >= 4 is 0 Å². The summed E-state index contributed by atoms with van der Waals surface area (Å²) in [5, 5.41) is 28.2. The van der Waals surface area contributed by atoms with E-state index in [0.717, 1.165) is 23.3 Å². The number of hydrogen-bond acceptors (Lipinski definition) is 5. The van der Waals surface area contributed by atoms with Gasteiger partial charge < -0.3 is 24.8 Å². The van der Waals surface area contributed by atoms with Gasteiger partial charge in [-0.05, 0) is 47.7 Å². The molecule has 0 spiro atoms. The largest absolute Gasteiger partial charge is 0.491 e. The number of hydrogen-bond donors (Lipinski definition) is 3. The highest BCUT2D eigenvalue weighted by Crippen LogP contribution is 2.33. The van der Waals surface area contributed by atoms with E-state index in [4.69, 9.17) is 14.6 Å².